The molecule has 0 spiro atoms. The number of benzene rings is 1. The number of nitrogens with one attached hydrogen (secondary N) is 1. The number of primary sulfonamides is 1. The molecule has 0 saturated heterocycles. The zero-order chi connectivity index (χ0) is 14.8. The minimum absolute atomic E-state index is 0.219. The normalized spacial score (nSPS) is 11.3. The molecule has 1 aromatic heterocycles. The van der Waals surface area contributed by atoms with E-state index < -0.39 is 10.0 Å². The van der Waals surface area contributed by atoms with Crippen molar-refractivity contribution in [1.82, 2.24) is 0 Å². The number of amides is 1. The molecule has 0 fully saturated rings. The number of rotatable bonds is 4. The summed E-state index contributed by atoms with van der Waals surface area (Å²) in [5, 5.41) is 7.60. The van der Waals surface area contributed by atoms with Gasteiger partial charge in [0.25, 0.3) is 5.91 Å². The Kier molecular flexibility index (Phi) is 3.91. The van der Waals surface area contributed by atoms with Crippen molar-refractivity contribution in [3.8, 4) is 0 Å². The van der Waals surface area contributed by atoms with Gasteiger partial charge in [0.15, 0.2) is 5.76 Å². The van der Waals surface area contributed by atoms with Gasteiger partial charge < -0.3 is 9.73 Å². The molecule has 2 rings (SSSR count). The minimum atomic E-state index is -3.56. The highest BCUT2D eigenvalue weighted by molar-refractivity contribution is 7.88. The van der Waals surface area contributed by atoms with Gasteiger partial charge in [-0.25, -0.2) is 13.6 Å². The molecule has 0 aliphatic carbocycles. The quantitative estimate of drug-likeness (QED) is 0.894. The summed E-state index contributed by atoms with van der Waals surface area (Å²) in [6, 6.07) is 9.67. The lowest BCUT2D eigenvalue weighted by Crippen LogP contribution is -2.14. The Balaban J connectivity index is 2.06. The van der Waals surface area contributed by atoms with Crippen LogP contribution in [-0.4, -0.2) is 14.3 Å². The van der Waals surface area contributed by atoms with Crippen LogP contribution in [0, 0.1) is 6.92 Å². The van der Waals surface area contributed by atoms with Gasteiger partial charge in [-0.2, -0.15) is 0 Å². The Bertz CT molecular complexity index is 717. The molecule has 106 valence electrons. The van der Waals surface area contributed by atoms with E-state index in [4.69, 9.17) is 9.56 Å². The van der Waals surface area contributed by atoms with Crippen LogP contribution in [0.3, 0.4) is 0 Å². The van der Waals surface area contributed by atoms with Crippen molar-refractivity contribution in [1.29, 1.82) is 0 Å². The van der Waals surface area contributed by atoms with Crippen molar-refractivity contribution in [3.63, 3.8) is 0 Å². The summed E-state index contributed by atoms with van der Waals surface area (Å²) in [4.78, 5) is 11.8. The summed E-state index contributed by atoms with van der Waals surface area (Å²) in [6.45, 7) is 1.75. The van der Waals surface area contributed by atoms with Crippen molar-refractivity contribution in [3.05, 3.63) is 53.5 Å². The van der Waals surface area contributed by atoms with Gasteiger partial charge in [-0.1, -0.05) is 12.1 Å². The third-order valence-electron chi connectivity index (χ3n) is 2.54. The van der Waals surface area contributed by atoms with E-state index in [-0.39, 0.29) is 17.4 Å². The Hall–Kier alpha value is -2.12. The monoisotopic (exact) mass is 294 g/mol. The van der Waals surface area contributed by atoms with Crippen LogP contribution in [0.25, 0.3) is 0 Å². The lowest BCUT2D eigenvalue weighted by atomic mass is 10.2. The fourth-order valence-electron chi connectivity index (χ4n) is 1.67. The average molecular weight is 294 g/mol. The zero-order valence-electron chi connectivity index (χ0n) is 10.8. The van der Waals surface area contributed by atoms with Crippen LogP contribution in [-0.2, 0) is 15.8 Å². The van der Waals surface area contributed by atoms with E-state index in [2.05, 4.69) is 5.32 Å². The summed E-state index contributed by atoms with van der Waals surface area (Å²) >= 11 is 0. The first-order chi connectivity index (χ1) is 9.33. The number of aryl methyl sites for hydroxylation is 1. The van der Waals surface area contributed by atoms with Gasteiger partial charge in [0.1, 0.15) is 5.76 Å². The van der Waals surface area contributed by atoms with Gasteiger partial charge in [0, 0.05) is 5.69 Å². The number of furan rings is 1. The highest BCUT2D eigenvalue weighted by Crippen LogP contribution is 2.14. The topological polar surface area (TPSA) is 102 Å². The number of sulfonamides is 1. The standard InChI is InChI=1S/C13H14N2O4S/c1-9-2-7-12(19-9)13(16)15-11-5-3-10(4-6-11)8-20(14,17)18/h2-7H,8H2,1H3,(H,15,16)(H2,14,17,18). The van der Waals surface area contributed by atoms with E-state index in [9.17, 15) is 13.2 Å². The second kappa shape index (κ2) is 5.48. The lowest BCUT2D eigenvalue weighted by molar-refractivity contribution is 0.0995. The summed E-state index contributed by atoms with van der Waals surface area (Å²) in [5.41, 5.74) is 1.10. The predicted octanol–water partition coefficient (Wildman–Crippen LogP) is 1.63. The summed E-state index contributed by atoms with van der Waals surface area (Å²) in [5.74, 6) is 0.269. The van der Waals surface area contributed by atoms with E-state index in [0.717, 1.165) is 0 Å². The van der Waals surface area contributed by atoms with Crippen LogP contribution < -0.4 is 10.5 Å². The molecule has 1 aromatic carbocycles. The van der Waals surface area contributed by atoms with Gasteiger partial charge >= 0.3 is 0 Å². The molecule has 1 heterocycles. The largest absolute Gasteiger partial charge is 0.456 e. The molecule has 0 aliphatic heterocycles. The minimum Gasteiger partial charge on any atom is -0.456 e. The Morgan fingerprint density at radius 2 is 1.85 bits per heavy atom. The molecule has 1 amide bonds. The Morgan fingerprint density at radius 3 is 2.35 bits per heavy atom. The molecule has 0 aliphatic rings. The molecule has 2 aromatic rings. The fourth-order valence-corrected chi connectivity index (χ4v) is 2.32. The van der Waals surface area contributed by atoms with Gasteiger partial charge in [0.2, 0.25) is 10.0 Å². The number of anilines is 1. The summed E-state index contributed by atoms with van der Waals surface area (Å²) < 4.78 is 27.1. The third kappa shape index (κ3) is 3.94. The number of hydrogen-bond acceptors (Lipinski definition) is 4. The maximum absolute atomic E-state index is 11.8. The molecule has 20 heavy (non-hydrogen) atoms. The maximum atomic E-state index is 11.8. The van der Waals surface area contributed by atoms with E-state index in [1.807, 2.05) is 0 Å². The molecule has 0 bridgehead atoms. The molecular weight excluding hydrogens is 280 g/mol. The predicted molar refractivity (Wildman–Crippen MR) is 74.7 cm³/mol. The number of carbonyl (C=O) groups is 1. The van der Waals surface area contributed by atoms with Gasteiger partial charge in [-0.3, -0.25) is 4.79 Å². The highest BCUT2D eigenvalue weighted by atomic mass is 32.2. The van der Waals surface area contributed by atoms with Gasteiger partial charge in [0.05, 0.1) is 5.75 Å². The lowest BCUT2D eigenvalue weighted by Gasteiger charge is -2.04. The third-order valence-corrected chi connectivity index (χ3v) is 3.28. The molecule has 0 unspecified atom stereocenters. The Labute approximate surface area is 116 Å². The van der Waals surface area contributed by atoms with Crippen LogP contribution in [0.4, 0.5) is 5.69 Å². The second-order valence-corrected chi connectivity index (χ2v) is 5.98. The van der Waals surface area contributed by atoms with Crippen molar-refractivity contribution in [2.75, 3.05) is 5.32 Å². The summed E-state index contributed by atoms with van der Waals surface area (Å²) in [6.07, 6.45) is 0. The van der Waals surface area contributed by atoms with Crippen molar-refractivity contribution in [2.24, 2.45) is 5.14 Å². The van der Waals surface area contributed by atoms with Crippen LogP contribution >= 0.6 is 0 Å². The van der Waals surface area contributed by atoms with Crippen LogP contribution in [0.1, 0.15) is 21.9 Å². The van der Waals surface area contributed by atoms with Crippen LogP contribution in [0.2, 0.25) is 0 Å². The van der Waals surface area contributed by atoms with Crippen molar-refractivity contribution >= 4 is 21.6 Å². The molecular formula is C13H14N2O4S. The number of nitrogens with two attached hydrogens (primary N) is 1. The SMILES string of the molecule is Cc1ccc(C(=O)Nc2ccc(CS(N)(=O)=O)cc2)o1. The first-order valence-corrected chi connectivity index (χ1v) is 7.52. The van der Waals surface area contributed by atoms with Crippen LogP contribution in [0.5, 0.6) is 0 Å². The smallest absolute Gasteiger partial charge is 0.291 e. The first-order valence-electron chi connectivity index (χ1n) is 5.81. The molecule has 0 atom stereocenters. The molecule has 0 radical (unpaired) electrons. The van der Waals surface area contributed by atoms with Gasteiger partial charge in [-0.05, 0) is 36.8 Å². The van der Waals surface area contributed by atoms with E-state index in [1.54, 1.807) is 43.3 Å². The van der Waals surface area contributed by atoms with E-state index in [0.29, 0.717) is 17.0 Å². The fraction of sp³-hybridized carbons (Fsp3) is 0.154. The maximum Gasteiger partial charge on any atom is 0.291 e. The van der Waals surface area contributed by atoms with Crippen LogP contribution in [0.15, 0.2) is 40.8 Å². The average Bonchev–Trinajstić information content (AvgIpc) is 2.77. The second-order valence-electron chi connectivity index (χ2n) is 4.37. The van der Waals surface area contributed by atoms with Crippen molar-refractivity contribution < 1.29 is 17.6 Å². The number of hydrogen-bond donors (Lipinski definition) is 2. The zero-order valence-corrected chi connectivity index (χ0v) is 11.6. The van der Waals surface area contributed by atoms with E-state index in [1.165, 1.54) is 0 Å². The molecule has 3 N–H and O–H groups in total. The molecule has 0 saturated carbocycles. The van der Waals surface area contributed by atoms with E-state index >= 15 is 0 Å². The number of carbonyl (C=O) groups excluding carboxylic acids is 1. The van der Waals surface area contributed by atoms with Crippen molar-refractivity contribution in [2.45, 2.75) is 12.7 Å². The Morgan fingerprint density at radius 1 is 1.20 bits per heavy atom. The highest BCUT2D eigenvalue weighted by Gasteiger charge is 2.10. The summed E-state index contributed by atoms with van der Waals surface area (Å²) in [7, 11) is -3.56. The first kappa shape index (κ1) is 14.3. The van der Waals surface area contributed by atoms with Gasteiger partial charge in [-0.15, -0.1) is 0 Å². The molecule has 7 heteroatoms. The molecule has 6 nitrogen and oxygen atoms in total.